The van der Waals surface area contributed by atoms with Crippen LogP contribution in [0, 0.1) is 5.92 Å². The van der Waals surface area contributed by atoms with Gasteiger partial charge in [0.15, 0.2) is 0 Å². The number of carbonyl (C=O) groups is 1. The number of rotatable bonds is 5. The second-order valence-electron chi connectivity index (χ2n) is 9.01. The van der Waals surface area contributed by atoms with Crippen molar-refractivity contribution in [1.29, 1.82) is 0 Å². The number of ether oxygens (including phenoxy) is 1. The number of amides is 1. The summed E-state index contributed by atoms with van der Waals surface area (Å²) in [6.45, 7) is 1.27. The molecule has 2 aliphatic heterocycles. The zero-order valence-electron chi connectivity index (χ0n) is 17.3. The molecule has 0 unspecified atom stereocenters. The summed E-state index contributed by atoms with van der Waals surface area (Å²) in [6.07, 6.45) is -0.441. The van der Waals surface area contributed by atoms with Crippen LogP contribution in [0.3, 0.4) is 0 Å². The van der Waals surface area contributed by atoms with Gasteiger partial charge in [-0.3, -0.25) is 9.69 Å². The number of nitrogens with one attached hydrogen (secondary N) is 1. The molecule has 0 aromatic heterocycles. The number of fused-ring (bicyclic) bond motifs is 2. The fraction of sp³-hybridized carbons (Fsp3) is 0.458. The zero-order chi connectivity index (χ0) is 21.6. The normalized spacial score (nSPS) is 31.1. The fourth-order valence-corrected chi connectivity index (χ4v) is 5.25. The van der Waals surface area contributed by atoms with Crippen LogP contribution in [0.2, 0.25) is 0 Å². The smallest absolute Gasteiger partial charge is 0.224 e. The lowest BCUT2D eigenvalue weighted by Gasteiger charge is -2.29. The van der Waals surface area contributed by atoms with Crippen LogP contribution in [0.5, 0.6) is 5.75 Å². The lowest BCUT2D eigenvalue weighted by atomic mass is 9.93. The molecule has 5 atom stereocenters. The molecular formula is C24H28N2O5. The van der Waals surface area contributed by atoms with Gasteiger partial charge in [-0.15, -0.1) is 0 Å². The summed E-state index contributed by atoms with van der Waals surface area (Å²) in [5.74, 6) is 0.596. The van der Waals surface area contributed by atoms with Crippen molar-refractivity contribution >= 4 is 11.6 Å². The molecule has 3 aliphatic rings. The van der Waals surface area contributed by atoms with Gasteiger partial charge in [-0.2, -0.15) is 0 Å². The summed E-state index contributed by atoms with van der Waals surface area (Å²) in [4.78, 5) is 13.5. The third kappa shape index (κ3) is 3.83. The first kappa shape index (κ1) is 20.5. The second-order valence-corrected chi connectivity index (χ2v) is 9.01. The summed E-state index contributed by atoms with van der Waals surface area (Å²) in [5.41, 5.74) is 1.40. The highest BCUT2D eigenvalue weighted by Gasteiger charge is 2.59. The van der Waals surface area contributed by atoms with Crippen LogP contribution in [-0.2, 0) is 11.2 Å². The summed E-state index contributed by atoms with van der Waals surface area (Å²) >= 11 is 0. The maximum atomic E-state index is 11.5. The number of anilines is 1. The molecule has 7 nitrogen and oxygen atoms in total. The second kappa shape index (κ2) is 7.91. The van der Waals surface area contributed by atoms with E-state index in [0.717, 1.165) is 16.8 Å². The highest BCUT2D eigenvalue weighted by atomic mass is 16.5. The summed E-state index contributed by atoms with van der Waals surface area (Å²) in [7, 11) is 0. The average molecular weight is 424 g/mol. The minimum atomic E-state index is -1.24. The summed E-state index contributed by atoms with van der Waals surface area (Å²) in [6, 6.07) is 15.0. The van der Waals surface area contributed by atoms with Gasteiger partial charge in [0.25, 0.3) is 0 Å². The molecule has 1 aliphatic carbocycles. The summed E-state index contributed by atoms with van der Waals surface area (Å²) < 4.78 is 5.93. The fourth-order valence-electron chi connectivity index (χ4n) is 5.25. The van der Waals surface area contributed by atoms with Crippen molar-refractivity contribution in [3.8, 4) is 5.75 Å². The third-order valence-corrected chi connectivity index (χ3v) is 6.91. The molecule has 7 heteroatoms. The summed E-state index contributed by atoms with van der Waals surface area (Å²) in [5, 5.41) is 35.6. The van der Waals surface area contributed by atoms with Crippen molar-refractivity contribution in [2.45, 2.75) is 43.2 Å². The number of nitrogens with zero attached hydrogens (tertiary/aromatic N) is 1. The Balaban J connectivity index is 1.22. The molecule has 2 aromatic carbocycles. The highest BCUT2D eigenvalue weighted by Crippen LogP contribution is 2.43. The van der Waals surface area contributed by atoms with Crippen LogP contribution in [0.15, 0.2) is 48.5 Å². The van der Waals surface area contributed by atoms with E-state index in [4.69, 9.17) is 4.74 Å². The lowest BCUT2D eigenvalue weighted by Crippen LogP contribution is -2.49. The van der Waals surface area contributed by atoms with Crippen LogP contribution >= 0.6 is 0 Å². The van der Waals surface area contributed by atoms with E-state index in [0.29, 0.717) is 44.6 Å². The molecule has 2 aromatic rings. The molecule has 0 spiro atoms. The number of hydrogen-bond donors (Lipinski definition) is 4. The quantitative estimate of drug-likeness (QED) is 0.580. The molecular weight excluding hydrogens is 396 g/mol. The topological polar surface area (TPSA) is 102 Å². The van der Waals surface area contributed by atoms with Gasteiger partial charge in [-0.25, -0.2) is 0 Å². The van der Waals surface area contributed by atoms with E-state index in [1.165, 1.54) is 0 Å². The standard InChI is InChI=1S/C24H28N2O5/c27-20(16-6-8-19-15(10-16)7-9-22(28)25-19)13-26-12-17-11-21(23(29)24(17,30)14-26)31-18-4-2-1-3-5-18/h1-6,8,10,17,20-21,23,27,29-30H,7,9,11-14H2,(H,25,28)/t17-,20+,21+,23+,24-/m1/s1. The van der Waals surface area contributed by atoms with Crippen molar-refractivity contribution in [2.24, 2.45) is 5.92 Å². The van der Waals surface area contributed by atoms with Gasteiger partial charge in [0, 0.05) is 37.7 Å². The molecule has 164 valence electrons. The number of para-hydroxylation sites is 1. The first-order valence-corrected chi connectivity index (χ1v) is 10.9. The molecule has 1 amide bonds. The number of benzene rings is 2. The van der Waals surface area contributed by atoms with Crippen LogP contribution in [-0.4, -0.2) is 63.6 Å². The number of β-amino-alcohol motifs (C(OH)–C–C–N with tert-alkyl or cyclic N) is 2. The third-order valence-electron chi connectivity index (χ3n) is 6.91. The van der Waals surface area contributed by atoms with E-state index in [-0.39, 0.29) is 11.8 Å². The van der Waals surface area contributed by atoms with Crippen molar-refractivity contribution in [3.63, 3.8) is 0 Å². The number of carbonyl (C=O) groups excluding carboxylic acids is 1. The predicted octanol–water partition coefficient (Wildman–Crippen LogP) is 1.48. The van der Waals surface area contributed by atoms with Crippen LogP contribution in [0.4, 0.5) is 5.69 Å². The molecule has 1 saturated heterocycles. The SMILES string of the molecule is O=C1CCc2cc([C@@H](O)CN3C[C@H]4C[C@H](Oc5ccccc5)[C@H](O)[C@@]4(O)C3)ccc2N1. The van der Waals surface area contributed by atoms with Gasteiger partial charge in [-0.05, 0) is 42.2 Å². The van der Waals surface area contributed by atoms with Crippen LogP contribution in [0.1, 0.15) is 30.1 Å². The van der Waals surface area contributed by atoms with Gasteiger partial charge in [0.1, 0.15) is 23.6 Å². The number of hydrogen-bond acceptors (Lipinski definition) is 6. The number of aliphatic hydroxyl groups is 3. The van der Waals surface area contributed by atoms with Crippen molar-refractivity contribution in [3.05, 3.63) is 59.7 Å². The van der Waals surface area contributed by atoms with Gasteiger partial charge >= 0.3 is 0 Å². The Hall–Kier alpha value is -2.45. The lowest BCUT2D eigenvalue weighted by molar-refractivity contribution is -0.116. The maximum Gasteiger partial charge on any atom is 0.224 e. The monoisotopic (exact) mass is 424 g/mol. The van der Waals surface area contributed by atoms with Gasteiger partial charge in [0.2, 0.25) is 5.91 Å². The molecule has 0 bridgehead atoms. The van der Waals surface area contributed by atoms with Crippen LogP contribution in [0.25, 0.3) is 0 Å². The van der Waals surface area contributed by atoms with E-state index in [1.807, 2.05) is 53.4 Å². The number of likely N-dealkylation sites (tertiary alicyclic amines) is 1. The molecule has 5 rings (SSSR count). The molecule has 31 heavy (non-hydrogen) atoms. The first-order chi connectivity index (χ1) is 14.9. The molecule has 2 fully saturated rings. The molecule has 1 saturated carbocycles. The van der Waals surface area contributed by atoms with Crippen molar-refractivity contribution < 1.29 is 24.9 Å². The van der Waals surface area contributed by atoms with Crippen molar-refractivity contribution in [2.75, 3.05) is 25.0 Å². The highest BCUT2D eigenvalue weighted by molar-refractivity contribution is 5.93. The van der Waals surface area contributed by atoms with Gasteiger partial charge < -0.3 is 25.4 Å². The number of aryl methyl sites for hydroxylation is 1. The average Bonchev–Trinajstić information content (AvgIpc) is 3.19. The zero-order valence-corrected chi connectivity index (χ0v) is 17.3. The molecule has 2 heterocycles. The number of aliphatic hydroxyl groups excluding tert-OH is 2. The van der Waals surface area contributed by atoms with Crippen molar-refractivity contribution in [1.82, 2.24) is 4.90 Å². The Morgan fingerprint density at radius 2 is 2.00 bits per heavy atom. The minimum absolute atomic E-state index is 0.0192. The Labute approximate surface area is 181 Å². The molecule has 4 N–H and O–H groups in total. The minimum Gasteiger partial charge on any atom is -0.488 e. The van der Waals surface area contributed by atoms with E-state index >= 15 is 0 Å². The van der Waals surface area contributed by atoms with Gasteiger partial charge in [0.05, 0.1) is 6.10 Å². The Kier molecular flexibility index (Phi) is 5.22. The Morgan fingerprint density at radius 3 is 2.77 bits per heavy atom. The predicted molar refractivity (Wildman–Crippen MR) is 115 cm³/mol. The first-order valence-electron chi connectivity index (χ1n) is 10.9. The maximum absolute atomic E-state index is 11.5. The van der Waals surface area contributed by atoms with E-state index < -0.39 is 23.9 Å². The van der Waals surface area contributed by atoms with E-state index in [1.54, 1.807) is 0 Å². The van der Waals surface area contributed by atoms with Crippen LogP contribution < -0.4 is 10.1 Å². The Morgan fingerprint density at radius 1 is 1.19 bits per heavy atom. The largest absolute Gasteiger partial charge is 0.488 e. The van der Waals surface area contributed by atoms with Gasteiger partial charge in [-0.1, -0.05) is 30.3 Å². The van der Waals surface area contributed by atoms with E-state index in [2.05, 4.69) is 5.32 Å². The molecule has 0 radical (unpaired) electrons. The van der Waals surface area contributed by atoms with E-state index in [9.17, 15) is 20.1 Å². The Bertz CT molecular complexity index is 968.